The van der Waals surface area contributed by atoms with Crippen LogP contribution in [0.4, 0.5) is 0 Å². The standard InChI is InChI=1S/C19H25NO3S2/c1-14(2)18-12-17(10-11-19(18)23-4)25(21,22)20(3)13-15-6-8-16(24-5)9-7-15/h6-12,14H,13H2,1-5H3. The van der Waals surface area contributed by atoms with E-state index in [0.29, 0.717) is 17.2 Å². The van der Waals surface area contributed by atoms with Crippen molar-refractivity contribution in [3.8, 4) is 5.75 Å². The van der Waals surface area contributed by atoms with Crippen molar-refractivity contribution in [1.29, 1.82) is 0 Å². The Bertz CT molecular complexity index is 815. The van der Waals surface area contributed by atoms with E-state index >= 15 is 0 Å². The zero-order valence-electron chi connectivity index (χ0n) is 15.3. The molecule has 2 rings (SSSR count). The summed E-state index contributed by atoms with van der Waals surface area (Å²) in [6.45, 7) is 4.37. The average molecular weight is 380 g/mol. The molecule has 0 fully saturated rings. The number of rotatable bonds is 7. The summed E-state index contributed by atoms with van der Waals surface area (Å²) in [6, 6.07) is 13.0. The van der Waals surface area contributed by atoms with Gasteiger partial charge >= 0.3 is 0 Å². The van der Waals surface area contributed by atoms with Crippen molar-refractivity contribution in [3.63, 3.8) is 0 Å². The van der Waals surface area contributed by atoms with E-state index < -0.39 is 10.0 Å². The van der Waals surface area contributed by atoms with E-state index in [1.54, 1.807) is 44.1 Å². The summed E-state index contributed by atoms with van der Waals surface area (Å²) in [5.74, 6) is 0.888. The predicted octanol–water partition coefficient (Wildman–Crippen LogP) is 4.36. The summed E-state index contributed by atoms with van der Waals surface area (Å²) in [4.78, 5) is 1.45. The van der Waals surface area contributed by atoms with Crippen molar-refractivity contribution in [2.24, 2.45) is 0 Å². The van der Waals surface area contributed by atoms with E-state index in [4.69, 9.17) is 4.74 Å². The maximum Gasteiger partial charge on any atom is 0.243 e. The summed E-state index contributed by atoms with van der Waals surface area (Å²) in [6.07, 6.45) is 2.02. The number of hydrogen-bond donors (Lipinski definition) is 0. The Morgan fingerprint density at radius 3 is 2.28 bits per heavy atom. The first-order chi connectivity index (χ1) is 11.8. The number of hydrogen-bond acceptors (Lipinski definition) is 4. The monoisotopic (exact) mass is 379 g/mol. The molecule has 0 aromatic heterocycles. The van der Waals surface area contributed by atoms with Crippen molar-refractivity contribution in [3.05, 3.63) is 53.6 Å². The van der Waals surface area contributed by atoms with Gasteiger partial charge in [0.1, 0.15) is 5.75 Å². The molecule has 0 atom stereocenters. The van der Waals surface area contributed by atoms with E-state index in [1.165, 1.54) is 4.31 Å². The molecule has 0 N–H and O–H groups in total. The summed E-state index contributed by atoms with van der Waals surface area (Å²) < 4.78 is 32.6. The Morgan fingerprint density at radius 1 is 1.12 bits per heavy atom. The molecule has 0 saturated carbocycles. The number of methoxy groups -OCH3 is 1. The minimum Gasteiger partial charge on any atom is -0.496 e. The van der Waals surface area contributed by atoms with Gasteiger partial charge in [0, 0.05) is 18.5 Å². The first-order valence-electron chi connectivity index (χ1n) is 8.06. The fourth-order valence-electron chi connectivity index (χ4n) is 2.58. The molecular formula is C19H25NO3S2. The Hall–Kier alpha value is -1.50. The predicted molar refractivity (Wildman–Crippen MR) is 104 cm³/mol. The quantitative estimate of drug-likeness (QED) is 0.671. The average Bonchev–Trinajstić information content (AvgIpc) is 2.61. The third-order valence-electron chi connectivity index (χ3n) is 4.10. The molecule has 0 aliphatic carbocycles. The van der Waals surface area contributed by atoms with Crippen molar-refractivity contribution in [2.75, 3.05) is 20.4 Å². The molecule has 2 aromatic rings. The topological polar surface area (TPSA) is 46.6 Å². The lowest BCUT2D eigenvalue weighted by Gasteiger charge is -2.19. The van der Waals surface area contributed by atoms with Crippen LogP contribution in [-0.4, -0.2) is 33.1 Å². The van der Waals surface area contributed by atoms with Crippen molar-refractivity contribution in [2.45, 2.75) is 36.1 Å². The van der Waals surface area contributed by atoms with Gasteiger partial charge in [0.05, 0.1) is 12.0 Å². The molecule has 0 heterocycles. The highest BCUT2D eigenvalue weighted by atomic mass is 32.2. The van der Waals surface area contributed by atoms with Crippen LogP contribution in [0.1, 0.15) is 30.9 Å². The maximum atomic E-state index is 12.9. The van der Waals surface area contributed by atoms with Crippen LogP contribution in [0.2, 0.25) is 0 Å². The molecule has 4 nitrogen and oxygen atoms in total. The van der Waals surface area contributed by atoms with Crippen LogP contribution in [0.5, 0.6) is 5.75 Å². The van der Waals surface area contributed by atoms with Crippen LogP contribution >= 0.6 is 11.8 Å². The zero-order chi connectivity index (χ0) is 18.6. The third-order valence-corrected chi connectivity index (χ3v) is 6.64. The van der Waals surface area contributed by atoms with Crippen LogP contribution in [0.3, 0.4) is 0 Å². The van der Waals surface area contributed by atoms with Gasteiger partial charge in [-0.1, -0.05) is 26.0 Å². The molecule has 0 aliphatic rings. The lowest BCUT2D eigenvalue weighted by atomic mass is 10.0. The molecule has 6 heteroatoms. The lowest BCUT2D eigenvalue weighted by molar-refractivity contribution is 0.407. The van der Waals surface area contributed by atoms with Crippen LogP contribution in [0, 0.1) is 0 Å². The number of benzene rings is 2. The first-order valence-corrected chi connectivity index (χ1v) is 10.7. The molecule has 0 aliphatic heterocycles. The van der Waals surface area contributed by atoms with Gasteiger partial charge in [-0.25, -0.2) is 8.42 Å². The van der Waals surface area contributed by atoms with E-state index in [0.717, 1.165) is 16.0 Å². The molecule has 25 heavy (non-hydrogen) atoms. The van der Waals surface area contributed by atoms with E-state index in [1.807, 2.05) is 44.4 Å². The van der Waals surface area contributed by atoms with Crippen LogP contribution in [-0.2, 0) is 16.6 Å². The molecular weight excluding hydrogens is 354 g/mol. The highest BCUT2D eigenvalue weighted by Gasteiger charge is 2.23. The number of nitrogens with zero attached hydrogens (tertiary/aromatic N) is 1. The molecule has 0 saturated heterocycles. The first kappa shape index (κ1) is 19.8. The van der Waals surface area contributed by atoms with Crippen molar-refractivity contribution in [1.82, 2.24) is 4.31 Å². The number of ether oxygens (including phenoxy) is 1. The molecule has 0 amide bonds. The molecule has 0 spiro atoms. The second-order valence-corrected chi connectivity index (χ2v) is 9.09. The zero-order valence-corrected chi connectivity index (χ0v) is 16.9. The molecule has 2 aromatic carbocycles. The Kier molecular flexibility index (Phi) is 6.54. The lowest BCUT2D eigenvalue weighted by Crippen LogP contribution is -2.26. The van der Waals surface area contributed by atoms with Crippen LogP contribution in [0.15, 0.2) is 52.3 Å². The molecule has 0 radical (unpaired) electrons. The second-order valence-electron chi connectivity index (χ2n) is 6.17. The third kappa shape index (κ3) is 4.57. The summed E-state index contributed by atoms with van der Waals surface area (Å²) in [5.41, 5.74) is 1.85. The Morgan fingerprint density at radius 2 is 1.76 bits per heavy atom. The highest BCUT2D eigenvalue weighted by Crippen LogP contribution is 2.30. The SMILES string of the molecule is COc1ccc(S(=O)(=O)N(C)Cc2ccc(SC)cc2)cc1C(C)C. The van der Waals surface area contributed by atoms with Gasteiger partial charge in [-0.05, 0) is 53.6 Å². The van der Waals surface area contributed by atoms with Crippen molar-refractivity contribution < 1.29 is 13.2 Å². The molecule has 0 bridgehead atoms. The second kappa shape index (κ2) is 8.25. The number of thioether (sulfide) groups is 1. The largest absolute Gasteiger partial charge is 0.496 e. The smallest absolute Gasteiger partial charge is 0.243 e. The number of sulfonamides is 1. The fraction of sp³-hybridized carbons (Fsp3) is 0.368. The van der Waals surface area contributed by atoms with Gasteiger partial charge in [0.25, 0.3) is 0 Å². The van der Waals surface area contributed by atoms with Gasteiger partial charge in [0.2, 0.25) is 10.0 Å². The summed E-state index contributed by atoms with van der Waals surface area (Å²) in [7, 11) is -0.356. The normalized spacial score (nSPS) is 12.0. The van der Waals surface area contributed by atoms with Gasteiger partial charge in [-0.15, -0.1) is 11.8 Å². The van der Waals surface area contributed by atoms with Crippen LogP contribution in [0.25, 0.3) is 0 Å². The fourth-order valence-corrected chi connectivity index (χ4v) is 4.18. The van der Waals surface area contributed by atoms with Crippen LogP contribution < -0.4 is 4.74 Å². The van der Waals surface area contributed by atoms with Crippen molar-refractivity contribution >= 4 is 21.8 Å². The van der Waals surface area contributed by atoms with Gasteiger partial charge < -0.3 is 4.74 Å². The Labute approximate surface area is 155 Å². The van der Waals surface area contributed by atoms with E-state index in [9.17, 15) is 8.42 Å². The Balaban J connectivity index is 2.28. The minimum atomic E-state index is -3.56. The van der Waals surface area contributed by atoms with Gasteiger partial charge in [-0.3, -0.25) is 0 Å². The maximum absolute atomic E-state index is 12.9. The summed E-state index contributed by atoms with van der Waals surface area (Å²) in [5, 5.41) is 0. The van der Waals surface area contributed by atoms with Gasteiger partial charge in [-0.2, -0.15) is 4.31 Å². The van der Waals surface area contributed by atoms with E-state index in [2.05, 4.69) is 0 Å². The molecule has 0 unspecified atom stereocenters. The van der Waals surface area contributed by atoms with Gasteiger partial charge in [0.15, 0.2) is 0 Å². The van der Waals surface area contributed by atoms with E-state index in [-0.39, 0.29) is 5.92 Å². The highest BCUT2D eigenvalue weighted by molar-refractivity contribution is 7.98. The summed E-state index contributed by atoms with van der Waals surface area (Å²) >= 11 is 1.66. The molecule has 136 valence electrons. The minimum absolute atomic E-state index is 0.175.